The van der Waals surface area contributed by atoms with Gasteiger partial charge in [0.2, 0.25) is 0 Å². The molecule has 1 aromatic rings. The van der Waals surface area contributed by atoms with Crippen LogP contribution >= 0.6 is 0 Å². The maximum Gasteiger partial charge on any atom is 0.120 e. The third kappa shape index (κ3) is 3.63. The number of phenolic OH excluding ortho intramolecular Hbond substituents is 1. The molecule has 1 radical (unpaired) electrons. The Morgan fingerprint density at radius 3 is 2.18 bits per heavy atom. The zero-order valence-corrected chi connectivity index (χ0v) is 9.20. The minimum atomic E-state index is 0. The number of para-hydroxylation sites is 1. The smallest absolute Gasteiger partial charge is 0.120 e. The van der Waals surface area contributed by atoms with Gasteiger partial charge in [-0.1, -0.05) is 18.2 Å². The van der Waals surface area contributed by atoms with Gasteiger partial charge >= 0.3 is 0 Å². The van der Waals surface area contributed by atoms with E-state index in [1.54, 1.807) is 18.2 Å². The summed E-state index contributed by atoms with van der Waals surface area (Å²) in [7, 11) is 0. The molecule has 0 aliphatic carbocycles. The molecule has 1 N–H and O–H groups in total. The summed E-state index contributed by atoms with van der Waals surface area (Å²) in [6.07, 6.45) is 0.870. The molecule has 2 nitrogen and oxygen atoms in total. The number of hydrogen-bond acceptors (Lipinski definition) is 1. The van der Waals surface area contributed by atoms with Crippen molar-refractivity contribution in [1.82, 2.24) is 0 Å². The first kappa shape index (κ1) is 13.4. The molecule has 0 bridgehead atoms. The zero-order chi connectivity index (χ0) is 6.69. The van der Waals surface area contributed by atoms with E-state index in [1.165, 1.54) is 6.07 Å². The quantitative estimate of drug-likeness (QED) is 0.573. The van der Waals surface area contributed by atoms with Gasteiger partial charge in [0, 0.05) is 32.7 Å². The molecular weight excluding hydrogens is 215 g/mol. The molecule has 0 saturated heterocycles. The van der Waals surface area contributed by atoms with Crippen molar-refractivity contribution >= 4 is 6.21 Å². The molecular formula is C8H9NOY-2. The average molecular weight is 224 g/mol. The second-order valence-corrected chi connectivity index (χ2v) is 1.69. The second-order valence-electron chi connectivity index (χ2n) is 1.69. The largest absolute Gasteiger partial charge is 0.810 e. The molecule has 0 aliphatic heterocycles. The standard InChI is InChI=1S/C7H6NO.CH3.Y/c8-5-6-3-1-2-4-7(6)9;;/h1-5,9H;1H3;/q2*-1;. The Morgan fingerprint density at radius 2 is 1.82 bits per heavy atom. The monoisotopic (exact) mass is 224 g/mol. The third-order valence-corrected chi connectivity index (χ3v) is 1.08. The van der Waals surface area contributed by atoms with Crippen LogP contribution in [0.15, 0.2) is 24.3 Å². The summed E-state index contributed by atoms with van der Waals surface area (Å²) in [6.45, 7) is 0. The Hall–Kier alpha value is -0.206. The van der Waals surface area contributed by atoms with Crippen LogP contribution in [0.2, 0.25) is 0 Å². The van der Waals surface area contributed by atoms with E-state index in [1.807, 2.05) is 0 Å². The first-order valence-corrected chi connectivity index (χ1v) is 2.60. The molecule has 0 heterocycles. The molecule has 57 valence electrons. The van der Waals surface area contributed by atoms with Crippen molar-refractivity contribution in [3.8, 4) is 5.75 Å². The van der Waals surface area contributed by atoms with Gasteiger partial charge in [-0.3, -0.25) is 0 Å². The van der Waals surface area contributed by atoms with Crippen LogP contribution in [0.1, 0.15) is 5.56 Å². The fourth-order valence-electron chi connectivity index (χ4n) is 0.597. The predicted molar refractivity (Wildman–Crippen MR) is 43.0 cm³/mol. The molecule has 0 amide bonds. The van der Waals surface area contributed by atoms with Crippen molar-refractivity contribution in [1.29, 1.82) is 0 Å². The Balaban J connectivity index is 0. The Bertz CT molecular complexity index is 225. The maximum atomic E-state index is 8.92. The Morgan fingerprint density at radius 1 is 1.27 bits per heavy atom. The first-order valence-electron chi connectivity index (χ1n) is 2.60. The SMILES string of the molecule is [CH3-].[N-]=Cc1ccccc1O.[Y]. The van der Waals surface area contributed by atoms with E-state index in [2.05, 4.69) is 0 Å². The Labute approximate surface area is 92.0 Å². The maximum absolute atomic E-state index is 8.92. The van der Waals surface area contributed by atoms with Crippen LogP contribution in [0.25, 0.3) is 5.41 Å². The van der Waals surface area contributed by atoms with E-state index in [0.29, 0.717) is 5.56 Å². The molecule has 0 aromatic heterocycles. The van der Waals surface area contributed by atoms with Gasteiger partial charge in [0.05, 0.1) is 0 Å². The fraction of sp³-hybridized carbons (Fsp3) is 0. The van der Waals surface area contributed by atoms with Crippen LogP contribution in [0, 0.1) is 7.43 Å². The minimum Gasteiger partial charge on any atom is -0.810 e. The predicted octanol–water partition coefficient (Wildman–Crippen LogP) is 1.83. The van der Waals surface area contributed by atoms with Crippen molar-refractivity contribution in [3.63, 3.8) is 0 Å². The topological polar surface area (TPSA) is 42.5 Å². The van der Waals surface area contributed by atoms with Gasteiger partial charge in [-0.2, -0.15) is 6.21 Å². The van der Waals surface area contributed by atoms with E-state index < -0.39 is 0 Å². The van der Waals surface area contributed by atoms with Crippen LogP contribution in [0.3, 0.4) is 0 Å². The van der Waals surface area contributed by atoms with Gasteiger partial charge in [0.1, 0.15) is 5.75 Å². The van der Waals surface area contributed by atoms with Gasteiger partial charge in [-0.25, -0.2) is 0 Å². The van der Waals surface area contributed by atoms with E-state index in [0.717, 1.165) is 6.21 Å². The summed E-state index contributed by atoms with van der Waals surface area (Å²) < 4.78 is 0. The molecule has 0 fully saturated rings. The molecule has 0 aliphatic rings. The number of phenols is 1. The van der Waals surface area contributed by atoms with E-state index in [4.69, 9.17) is 10.5 Å². The van der Waals surface area contributed by atoms with Crippen molar-refractivity contribution in [2.24, 2.45) is 0 Å². The summed E-state index contributed by atoms with van der Waals surface area (Å²) in [5.41, 5.74) is 0.442. The van der Waals surface area contributed by atoms with Gasteiger partial charge in [0.15, 0.2) is 0 Å². The van der Waals surface area contributed by atoms with Gasteiger partial charge in [0.25, 0.3) is 0 Å². The van der Waals surface area contributed by atoms with Crippen molar-refractivity contribution in [2.75, 3.05) is 0 Å². The normalized spacial score (nSPS) is 7.27. The van der Waals surface area contributed by atoms with E-state index >= 15 is 0 Å². The van der Waals surface area contributed by atoms with Crippen LogP contribution in [0.5, 0.6) is 5.75 Å². The number of nitrogens with zero attached hydrogens (tertiary/aromatic N) is 1. The number of benzene rings is 1. The molecule has 0 atom stereocenters. The molecule has 11 heavy (non-hydrogen) atoms. The van der Waals surface area contributed by atoms with E-state index in [9.17, 15) is 0 Å². The molecule has 0 unspecified atom stereocenters. The molecule has 1 aromatic carbocycles. The molecule has 3 heteroatoms. The number of hydrogen-bond donors (Lipinski definition) is 1. The molecule has 0 spiro atoms. The minimum absolute atomic E-state index is 0. The summed E-state index contributed by atoms with van der Waals surface area (Å²) in [5, 5.41) is 17.4. The van der Waals surface area contributed by atoms with Crippen LogP contribution < -0.4 is 0 Å². The second kappa shape index (κ2) is 6.50. The molecule has 1 rings (SSSR count). The summed E-state index contributed by atoms with van der Waals surface area (Å²) in [4.78, 5) is 0. The third-order valence-electron chi connectivity index (χ3n) is 1.08. The number of rotatable bonds is 1. The van der Waals surface area contributed by atoms with Crippen molar-refractivity contribution in [3.05, 3.63) is 42.7 Å². The fourth-order valence-corrected chi connectivity index (χ4v) is 0.597. The Kier molecular flexibility index (Phi) is 7.91. The van der Waals surface area contributed by atoms with Crippen LogP contribution in [0.4, 0.5) is 0 Å². The van der Waals surface area contributed by atoms with Crippen LogP contribution in [-0.2, 0) is 32.7 Å². The average Bonchev–Trinajstić information content (AvgIpc) is 1.89. The summed E-state index contributed by atoms with van der Waals surface area (Å²) in [6, 6.07) is 6.57. The van der Waals surface area contributed by atoms with Gasteiger partial charge in [-0.05, 0) is 11.6 Å². The van der Waals surface area contributed by atoms with Gasteiger partial charge in [-0.15, -0.1) is 0 Å². The zero-order valence-electron chi connectivity index (χ0n) is 6.36. The number of aromatic hydroxyl groups is 1. The van der Waals surface area contributed by atoms with Gasteiger partial charge < -0.3 is 17.9 Å². The van der Waals surface area contributed by atoms with Crippen molar-refractivity contribution in [2.45, 2.75) is 0 Å². The van der Waals surface area contributed by atoms with E-state index in [-0.39, 0.29) is 45.9 Å². The van der Waals surface area contributed by atoms with Crippen LogP contribution in [-0.4, -0.2) is 11.3 Å². The summed E-state index contributed by atoms with van der Waals surface area (Å²) >= 11 is 0. The first-order chi connectivity index (χ1) is 4.34. The molecule has 0 saturated carbocycles. The van der Waals surface area contributed by atoms with Crippen molar-refractivity contribution < 1.29 is 37.8 Å². The summed E-state index contributed by atoms with van der Waals surface area (Å²) in [5.74, 6) is 0.0972.